The minimum absolute atomic E-state index is 0.0453. The Bertz CT molecular complexity index is 750. The average Bonchev–Trinajstić information content (AvgIpc) is 2.83. The fourth-order valence-electron chi connectivity index (χ4n) is 1.77. The molecule has 3 N–H and O–H groups in total. The molecule has 114 valence electrons. The summed E-state index contributed by atoms with van der Waals surface area (Å²) >= 11 is 0.975. The molecular weight excluding hydrogens is 322 g/mol. The fraction of sp³-hybridized carbons (Fsp3) is 0.250. The predicted octanol–water partition coefficient (Wildman–Crippen LogP) is 2.51. The summed E-state index contributed by atoms with van der Waals surface area (Å²) in [6, 6.07) is 2.66. The summed E-state index contributed by atoms with van der Waals surface area (Å²) in [5.74, 6) is -2.07. The summed E-state index contributed by atoms with van der Waals surface area (Å²) in [6.45, 7) is 0. The van der Waals surface area contributed by atoms with E-state index in [0.29, 0.717) is 4.70 Å². The van der Waals surface area contributed by atoms with Gasteiger partial charge in [-0.1, -0.05) is 0 Å². The van der Waals surface area contributed by atoms with Gasteiger partial charge in [0.2, 0.25) is 0 Å². The first-order chi connectivity index (χ1) is 9.73. The van der Waals surface area contributed by atoms with E-state index in [0.717, 1.165) is 11.3 Å². The Morgan fingerprint density at radius 3 is 2.67 bits per heavy atom. The number of carbonyl (C=O) groups is 1. The van der Waals surface area contributed by atoms with Crippen LogP contribution in [-0.2, 0) is 4.57 Å². The van der Waals surface area contributed by atoms with E-state index < -0.39 is 31.1 Å². The van der Waals surface area contributed by atoms with Gasteiger partial charge >= 0.3 is 7.60 Å². The number of hydrogen-bond donors (Lipinski definition) is 3. The highest BCUT2D eigenvalue weighted by Gasteiger charge is 2.21. The Balaban J connectivity index is 2.37. The quantitative estimate of drug-likeness (QED) is 0.573. The third kappa shape index (κ3) is 3.41. The van der Waals surface area contributed by atoms with Crippen LogP contribution in [0.1, 0.15) is 16.1 Å². The molecule has 0 aliphatic heterocycles. The first kappa shape index (κ1) is 15.9. The topological polar surface area (TPSA) is 104 Å². The maximum Gasteiger partial charge on any atom is 0.326 e. The molecule has 0 aliphatic carbocycles. The van der Waals surface area contributed by atoms with Gasteiger partial charge in [0.1, 0.15) is 0 Å². The highest BCUT2D eigenvalue weighted by molar-refractivity contribution is 7.51. The van der Waals surface area contributed by atoms with E-state index in [-0.39, 0.29) is 22.4 Å². The molecule has 1 aromatic heterocycles. The van der Waals surface area contributed by atoms with Crippen molar-refractivity contribution in [1.29, 1.82) is 0 Å². The van der Waals surface area contributed by atoms with Crippen LogP contribution in [0.2, 0.25) is 0 Å². The number of methoxy groups -OCH3 is 1. The second kappa shape index (κ2) is 5.73. The Labute approximate surface area is 122 Å². The van der Waals surface area contributed by atoms with E-state index in [1.807, 2.05) is 0 Å². The molecular formula is C12H12FO6PS. The molecule has 6 nitrogen and oxygen atoms in total. The van der Waals surface area contributed by atoms with E-state index in [2.05, 4.69) is 0 Å². The van der Waals surface area contributed by atoms with Crippen molar-refractivity contribution in [3.63, 3.8) is 0 Å². The van der Waals surface area contributed by atoms with E-state index in [1.165, 1.54) is 19.2 Å². The van der Waals surface area contributed by atoms with Crippen molar-refractivity contribution in [1.82, 2.24) is 0 Å². The van der Waals surface area contributed by atoms with E-state index in [4.69, 9.17) is 14.5 Å². The lowest BCUT2D eigenvalue weighted by atomic mass is 10.2. The standard InChI is InChI=1S/C12H12FO6PS/c1-19-8-5-9-6(11(13)12(8)15)4-10(21-9)7(14)2-3-20(16,17)18/h4-5,15H,2-3H2,1H3,(H2,16,17,18). The molecule has 1 aromatic carbocycles. The van der Waals surface area contributed by atoms with E-state index in [1.54, 1.807) is 0 Å². The van der Waals surface area contributed by atoms with Crippen LogP contribution in [-0.4, -0.2) is 33.9 Å². The highest BCUT2D eigenvalue weighted by atomic mass is 32.1. The van der Waals surface area contributed by atoms with E-state index >= 15 is 0 Å². The first-order valence-electron chi connectivity index (χ1n) is 5.79. The lowest BCUT2D eigenvalue weighted by Gasteiger charge is -2.04. The number of rotatable bonds is 5. The zero-order valence-corrected chi connectivity index (χ0v) is 12.6. The van der Waals surface area contributed by atoms with Crippen LogP contribution in [0.3, 0.4) is 0 Å². The van der Waals surface area contributed by atoms with Crippen LogP contribution in [0.15, 0.2) is 12.1 Å². The van der Waals surface area contributed by atoms with Crippen molar-refractivity contribution < 1.29 is 33.4 Å². The number of phenols is 1. The maximum absolute atomic E-state index is 13.9. The van der Waals surface area contributed by atoms with Gasteiger partial charge in [0, 0.05) is 22.6 Å². The Morgan fingerprint density at radius 1 is 1.43 bits per heavy atom. The van der Waals surface area contributed by atoms with Crippen LogP contribution in [0, 0.1) is 5.82 Å². The van der Waals surface area contributed by atoms with Crippen molar-refractivity contribution in [2.75, 3.05) is 13.3 Å². The van der Waals surface area contributed by atoms with Crippen LogP contribution in [0.4, 0.5) is 4.39 Å². The molecule has 0 saturated carbocycles. The van der Waals surface area contributed by atoms with Crippen molar-refractivity contribution in [2.24, 2.45) is 0 Å². The van der Waals surface area contributed by atoms with Gasteiger partial charge in [-0.3, -0.25) is 9.36 Å². The number of thiophene rings is 1. The Morgan fingerprint density at radius 2 is 2.10 bits per heavy atom. The smallest absolute Gasteiger partial charge is 0.326 e. The SMILES string of the molecule is COc1cc2sc(C(=O)CCP(=O)(O)O)cc2c(F)c1O. The second-order valence-corrected chi connectivity index (χ2v) is 7.19. The van der Waals surface area contributed by atoms with Crippen LogP contribution < -0.4 is 4.74 Å². The monoisotopic (exact) mass is 334 g/mol. The predicted molar refractivity (Wildman–Crippen MR) is 75.9 cm³/mol. The largest absolute Gasteiger partial charge is 0.502 e. The zero-order chi connectivity index (χ0) is 15.8. The molecule has 2 rings (SSSR count). The molecule has 9 heteroatoms. The molecule has 0 bridgehead atoms. The third-order valence-corrected chi connectivity index (χ3v) is 4.75. The number of Topliss-reactive ketones (excluding diaryl/α,β-unsaturated/α-hetero) is 1. The van der Waals surface area contributed by atoms with Crippen LogP contribution in [0.5, 0.6) is 11.5 Å². The number of ketones is 1. The van der Waals surface area contributed by atoms with E-state index in [9.17, 15) is 18.9 Å². The molecule has 1 heterocycles. The minimum atomic E-state index is -4.25. The van der Waals surface area contributed by atoms with Gasteiger partial charge < -0.3 is 19.6 Å². The average molecular weight is 334 g/mol. The fourth-order valence-corrected chi connectivity index (χ4v) is 3.32. The number of phenolic OH excluding ortho intramolecular Hbond substituents is 1. The number of ether oxygens (including phenoxy) is 1. The molecule has 0 saturated heterocycles. The summed E-state index contributed by atoms with van der Waals surface area (Å²) in [6.07, 6.45) is -0.890. The zero-order valence-electron chi connectivity index (χ0n) is 10.9. The van der Waals surface area contributed by atoms with Crippen molar-refractivity contribution in [3.8, 4) is 11.5 Å². The van der Waals surface area contributed by atoms with Gasteiger partial charge in [0.15, 0.2) is 23.1 Å². The summed E-state index contributed by atoms with van der Waals surface area (Å²) < 4.78 is 29.9. The molecule has 0 spiro atoms. The number of fused-ring (bicyclic) bond motifs is 1. The molecule has 0 aliphatic rings. The number of halogens is 1. The van der Waals surface area contributed by atoms with Crippen LogP contribution in [0.25, 0.3) is 10.1 Å². The van der Waals surface area contributed by atoms with Crippen LogP contribution >= 0.6 is 18.9 Å². The van der Waals surface area contributed by atoms with Gasteiger partial charge in [-0.05, 0) is 6.07 Å². The third-order valence-electron chi connectivity index (χ3n) is 2.83. The van der Waals surface area contributed by atoms with Crippen molar-refractivity contribution in [3.05, 3.63) is 22.8 Å². The summed E-state index contributed by atoms with van der Waals surface area (Å²) in [5.41, 5.74) is 0. The minimum Gasteiger partial charge on any atom is -0.502 e. The highest BCUT2D eigenvalue weighted by Crippen LogP contribution is 2.40. The molecule has 2 aromatic rings. The summed E-state index contributed by atoms with van der Waals surface area (Å²) in [4.78, 5) is 29.5. The van der Waals surface area contributed by atoms with Gasteiger partial charge in [-0.25, -0.2) is 4.39 Å². The number of carbonyl (C=O) groups excluding carboxylic acids is 1. The summed E-state index contributed by atoms with van der Waals surface area (Å²) in [7, 11) is -2.98. The number of benzene rings is 1. The molecule has 21 heavy (non-hydrogen) atoms. The lowest BCUT2D eigenvalue weighted by molar-refractivity contribution is 0.0990. The number of hydrogen-bond acceptors (Lipinski definition) is 5. The van der Waals surface area contributed by atoms with Gasteiger partial charge in [-0.2, -0.15) is 0 Å². The van der Waals surface area contributed by atoms with Crippen molar-refractivity contribution >= 4 is 34.8 Å². The molecule has 0 radical (unpaired) electrons. The van der Waals surface area contributed by atoms with Gasteiger partial charge in [0.05, 0.1) is 18.1 Å². The Kier molecular flexibility index (Phi) is 4.34. The summed E-state index contributed by atoms with van der Waals surface area (Å²) in [5, 5.41) is 9.64. The van der Waals surface area contributed by atoms with Gasteiger partial charge in [-0.15, -0.1) is 11.3 Å². The maximum atomic E-state index is 13.9. The molecule has 0 amide bonds. The molecule has 0 unspecified atom stereocenters. The normalized spacial score (nSPS) is 11.8. The molecule has 0 fully saturated rings. The first-order valence-corrected chi connectivity index (χ1v) is 8.41. The Hall–Kier alpha value is -1.47. The second-order valence-electron chi connectivity index (χ2n) is 4.33. The number of aromatic hydroxyl groups is 1. The van der Waals surface area contributed by atoms with Gasteiger partial charge in [0.25, 0.3) is 0 Å². The molecule has 0 atom stereocenters. The lowest BCUT2D eigenvalue weighted by Crippen LogP contribution is -2.00. The van der Waals surface area contributed by atoms with Crippen molar-refractivity contribution in [2.45, 2.75) is 6.42 Å².